The van der Waals surface area contributed by atoms with E-state index in [-0.39, 0.29) is 0 Å². The van der Waals surface area contributed by atoms with E-state index in [9.17, 15) is 4.79 Å². The summed E-state index contributed by atoms with van der Waals surface area (Å²) in [7, 11) is 0. The third-order valence-electron chi connectivity index (χ3n) is 4.70. The van der Waals surface area contributed by atoms with Crippen LogP contribution < -0.4 is 10.6 Å². The van der Waals surface area contributed by atoms with E-state index in [1.54, 1.807) is 0 Å². The number of hydrogen-bond acceptors (Lipinski definition) is 4. The summed E-state index contributed by atoms with van der Waals surface area (Å²) in [5, 5.41) is 6.73. The summed E-state index contributed by atoms with van der Waals surface area (Å²) in [6, 6.07) is 7.37. The SMILES string of the molecule is CC(C)(C)OC(=O)Nc1ccc2c(c1)CCCC2NC1CCCSC1. The van der Waals surface area contributed by atoms with Gasteiger partial charge in [-0.2, -0.15) is 11.8 Å². The fraction of sp³-hybridized carbons (Fsp3) is 0.650. The molecular formula is C20H30N2O2S. The van der Waals surface area contributed by atoms with Gasteiger partial charge < -0.3 is 10.1 Å². The first kappa shape index (κ1) is 18.6. The van der Waals surface area contributed by atoms with Gasteiger partial charge in [0.2, 0.25) is 0 Å². The number of thioether (sulfide) groups is 1. The lowest BCUT2D eigenvalue weighted by molar-refractivity contribution is 0.0636. The highest BCUT2D eigenvalue weighted by atomic mass is 32.2. The molecule has 1 aliphatic carbocycles. The maximum atomic E-state index is 12.0. The summed E-state index contributed by atoms with van der Waals surface area (Å²) in [4.78, 5) is 12.0. The Hall–Kier alpha value is -1.20. The van der Waals surface area contributed by atoms with Crippen molar-refractivity contribution in [3.8, 4) is 0 Å². The van der Waals surface area contributed by atoms with Crippen molar-refractivity contribution in [1.82, 2.24) is 5.32 Å². The van der Waals surface area contributed by atoms with Gasteiger partial charge in [-0.3, -0.25) is 5.32 Å². The van der Waals surface area contributed by atoms with Crippen molar-refractivity contribution in [2.24, 2.45) is 0 Å². The third-order valence-corrected chi connectivity index (χ3v) is 5.92. The molecule has 2 aliphatic rings. The molecule has 1 heterocycles. The first-order valence-electron chi connectivity index (χ1n) is 9.37. The smallest absolute Gasteiger partial charge is 0.412 e. The molecule has 0 bridgehead atoms. The van der Waals surface area contributed by atoms with Crippen molar-refractivity contribution >= 4 is 23.5 Å². The molecule has 2 atom stereocenters. The van der Waals surface area contributed by atoms with E-state index in [1.807, 2.05) is 26.8 Å². The minimum absolute atomic E-state index is 0.392. The Labute approximate surface area is 155 Å². The number of hydrogen-bond donors (Lipinski definition) is 2. The fourth-order valence-corrected chi connectivity index (χ4v) is 4.73. The molecule has 1 aromatic rings. The Balaban J connectivity index is 1.66. The second-order valence-electron chi connectivity index (χ2n) is 8.07. The van der Waals surface area contributed by atoms with Crippen LogP contribution in [0.3, 0.4) is 0 Å². The zero-order valence-electron chi connectivity index (χ0n) is 15.6. The van der Waals surface area contributed by atoms with Gasteiger partial charge in [-0.05, 0) is 81.9 Å². The van der Waals surface area contributed by atoms with Crippen molar-refractivity contribution in [2.45, 2.75) is 70.6 Å². The second kappa shape index (κ2) is 8.00. The monoisotopic (exact) mass is 362 g/mol. The van der Waals surface area contributed by atoms with Gasteiger partial charge in [0.1, 0.15) is 5.60 Å². The molecule has 1 aromatic carbocycles. The van der Waals surface area contributed by atoms with Crippen LogP contribution in [0, 0.1) is 0 Å². The van der Waals surface area contributed by atoms with Crippen LogP contribution in [0.2, 0.25) is 0 Å². The van der Waals surface area contributed by atoms with Crippen molar-refractivity contribution < 1.29 is 9.53 Å². The number of amides is 1. The first-order chi connectivity index (χ1) is 11.9. The van der Waals surface area contributed by atoms with E-state index >= 15 is 0 Å². The van der Waals surface area contributed by atoms with E-state index in [0.717, 1.165) is 12.1 Å². The normalized spacial score (nSPS) is 23.6. The number of anilines is 1. The van der Waals surface area contributed by atoms with Gasteiger partial charge >= 0.3 is 6.09 Å². The van der Waals surface area contributed by atoms with E-state index < -0.39 is 11.7 Å². The van der Waals surface area contributed by atoms with Gasteiger partial charge in [-0.1, -0.05) is 6.07 Å². The van der Waals surface area contributed by atoms with Gasteiger partial charge in [-0.25, -0.2) is 4.79 Å². The number of carbonyl (C=O) groups is 1. The molecule has 0 saturated carbocycles. The number of ether oxygens (including phenoxy) is 1. The van der Waals surface area contributed by atoms with E-state index in [4.69, 9.17) is 4.74 Å². The Morgan fingerprint density at radius 1 is 1.24 bits per heavy atom. The maximum Gasteiger partial charge on any atom is 0.412 e. The van der Waals surface area contributed by atoms with E-state index in [1.165, 1.54) is 48.3 Å². The molecular weight excluding hydrogens is 332 g/mol. The highest BCUT2D eigenvalue weighted by molar-refractivity contribution is 7.99. The highest BCUT2D eigenvalue weighted by Gasteiger charge is 2.24. The van der Waals surface area contributed by atoms with Gasteiger partial charge in [0, 0.05) is 23.5 Å². The highest BCUT2D eigenvalue weighted by Crippen LogP contribution is 2.33. The molecule has 0 radical (unpaired) electrons. The Kier molecular flexibility index (Phi) is 5.95. The zero-order chi connectivity index (χ0) is 17.9. The van der Waals surface area contributed by atoms with Gasteiger partial charge in [0.05, 0.1) is 0 Å². The van der Waals surface area contributed by atoms with Crippen LogP contribution in [0.4, 0.5) is 10.5 Å². The lowest BCUT2D eigenvalue weighted by Crippen LogP contribution is -2.38. The Morgan fingerprint density at radius 3 is 2.80 bits per heavy atom. The van der Waals surface area contributed by atoms with Crippen molar-refractivity contribution in [3.63, 3.8) is 0 Å². The van der Waals surface area contributed by atoms with Gasteiger partial charge in [0.15, 0.2) is 0 Å². The molecule has 2 N–H and O–H groups in total. The standard InChI is InChI=1S/C20H30N2O2S/c1-20(2,3)24-19(23)22-15-9-10-17-14(12-15)6-4-8-18(17)21-16-7-5-11-25-13-16/h9-10,12,16,18,21H,4-8,11,13H2,1-3H3,(H,22,23). The van der Waals surface area contributed by atoms with Crippen LogP contribution in [-0.4, -0.2) is 29.2 Å². The molecule has 1 saturated heterocycles. The van der Waals surface area contributed by atoms with Crippen LogP contribution in [0.5, 0.6) is 0 Å². The number of benzene rings is 1. The minimum atomic E-state index is -0.481. The molecule has 25 heavy (non-hydrogen) atoms. The lowest BCUT2D eigenvalue weighted by atomic mass is 9.87. The third kappa shape index (κ3) is 5.38. The van der Waals surface area contributed by atoms with Crippen LogP contribution in [0.25, 0.3) is 0 Å². The summed E-state index contributed by atoms with van der Waals surface area (Å²) in [5.41, 5.74) is 3.09. The summed E-state index contributed by atoms with van der Waals surface area (Å²) in [6.45, 7) is 5.62. The molecule has 5 heteroatoms. The van der Waals surface area contributed by atoms with Crippen molar-refractivity contribution in [2.75, 3.05) is 16.8 Å². The van der Waals surface area contributed by atoms with E-state index in [2.05, 4.69) is 34.5 Å². The molecule has 2 unspecified atom stereocenters. The predicted molar refractivity (Wildman–Crippen MR) is 105 cm³/mol. The number of nitrogens with one attached hydrogen (secondary N) is 2. The first-order valence-corrected chi connectivity index (χ1v) is 10.5. The van der Waals surface area contributed by atoms with Crippen LogP contribution >= 0.6 is 11.8 Å². The minimum Gasteiger partial charge on any atom is -0.444 e. The summed E-state index contributed by atoms with van der Waals surface area (Å²) >= 11 is 2.06. The quantitative estimate of drug-likeness (QED) is 0.803. The molecule has 3 rings (SSSR count). The lowest BCUT2D eigenvalue weighted by Gasteiger charge is -2.32. The molecule has 1 amide bonds. The summed E-state index contributed by atoms with van der Waals surface area (Å²) < 4.78 is 5.34. The Bertz CT molecular complexity index is 606. The van der Waals surface area contributed by atoms with Crippen LogP contribution in [0.1, 0.15) is 63.6 Å². The van der Waals surface area contributed by atoms with Crippen molar-refractivity contribution in [1.29, 1.82) is 0 Å². The molecule has 4 nitrogen and oxygen atoms in total. The molecule has 1 aliphatic heterocycles. The largest absolute Gasteiger partial charge is 0.444 e. The molecule has 1 fully saturated rings. The van der Waals surface area contributed by atoms with Gasteiger partial charge in [0.25, 0.3) is 0 Å². The Morgan fingerprint density at radius 2 is 2.08 bits per heavy atom. The van der Waals surface area contributed by atoms with Gasteiger partial charge in [-0.15, -0.1) is 0 Å². The number of aryl methyl sites for hydroxylation is 1. The number of rotatable bonds is 3. The molecule has 0 aromatic heterocycles. The average Bonchev–Trinajstić information content (AvgIpc) is 2.54. The maximum absolute atomic E-state index is 12.0. The van der Waals surface area contributed by atoms with Crippen LogP contribution in [-0.2, 0) is 11.2 Å². The van der Waals surface area contributed by atoms with E-state index in [0.29, 0.717) is 12.1 Å². The summed E-state index contributed by atoms with van der Waals surface area (Å²) in [6.07, 6.45) is 5.69. The fourth-order valence-electron chi connectivity index (χ4n) is 3.64. The number of carbonyl (C=O) groups excluding carboxylic acids is 1. The van der Waals surface area contributed by atoms with Crippen LogP contribution in [0.15, 0.2) is 18.2 Å². The zero-order valence-corrected chi connectivity index (χ0v) is 16.4. The number of fused-ring (bicyclic) bond motifs is 1. The average molecular weight is 363 g/mol. The topological polar surface area (TPSA) is 50.4 Å². The molecule has 138 valence electrons. The second-order valence-corrected chi connectivity index (χ2v) is 9.22. The summed E-state index contributed by atoms with van der Waals surface area (Å²) in [5.74, 6) is 2.53. The predicted octanol–water partition coefficient (Wildman–Crippen LogP) is 4.90. The van der Waals surface area contributed by atoms with Crippen molar-refractivity contribution in [3.05, 3.63) is 29.3 Å². The molecule has 0 spiro atoms.